The molecule has 0 radical (unpaired) electrons. The Labute approximate surface area is 140 Å². The summed E-state index contributed by atoms with van der Waals surface area (Å²) in [7, 11) is 1.68. The van der Waals surface area contributed by atoms with Crippen molar-refractivity contribution in [3.8, 4) is 5.75 Å². The fourth-order valence-corrected chi connectivity index (χ4v) is 2.52. The number of aliphatic hydroxyl groups is 1. The van der Waals surface area contributed by atoms with E-state index in [9.17, 15) is 0 Å². The third-order valence-electron chi connectivity index (χ3n) is 3.74. The zero-order valence-corrected chi connectivity index (χ0v) is 14.6. The number of aliphatic hydroxyl groups excluding tert-OH is 1. The molecule has 1 atom stereocenters. The van der Waals surface area contributed by atoms with Crippen LogP contribution in [0, 0.1) is 5.92 Å². The van der Waals surface area contributed by atoms with Gasteiger partial charge in [0.2, 0.25) is 0 Å². The molecule has 130 valence electrons. The van der Waals surface area contributed by atoms with Crippen molar-refractivity contribution < 1.29 is 9.84 Å². The fraction of sp³-hybridized carbons (Fsp3) is 0.611. The topological polar surface area (TPSA) is 65.9 Å². The maximum Gasteiger partial charge on any atom is 0.191 e. The zero-order valence-electron chi connectivity index (χ0n) is 14.6. The SMILES string of the molecule is CCCC(CCO)CNC(=NCc1ccccc1OC)NCC. The van der Waals surface area contributed by atoms with E-state index in [0.717, 1.165) is 49.6 Å². The smallest absolute Gasteiger partial charge is 0.191 e. The summed E-state index contributed by atoms with van der Waals surface area (Å²) >= 11 is 0. The van der Waals surface area contributed by atoms with E-state index in [4.69, 9.17) is 9.84 Å². The van der Waals surface area contributed by atoms with Crippen molar-refractivity contribution in [1.82, 2.24) is 10.6 Å². The van der Waals surface area contributed by atoms with Crippen molar-refractivity contribution in [2.45, 2.75) is 39.7 Å². The third kappa shape index (κ3) is 7.37. The molecular weight excluding hydrogens is 290 g/mol. The van der Waals surface area contributed by atoms with Gasteiger partial charge in [-0.3, -0.25) is 0 Å². The predicted octanol–water partition coefficient (Wildman–Crippen LogP) is 2.55. The number of ether oxygens (including phenoxy) is 1. The molecule has 0 saturated carbocycles. The summed E-state index contributed by atoms with van der Waals surface area (Å²) in [5.41, 5.74) is 1.06. The van der Waals surface area contributed by atoms with Gasteiger partial charge in [0.25, 0.3) is 0 Å². The second kappa shape index (κ2) is 11.8. The summed E-state index contributed by atoms with van der Waals surface area (Å²) in [4.78, 5) is 4.64. The summed E-state index contributed by atoms with van der Waals surface area (Å²) < 4.78 is 5.36. The highest BCUT2D eigenvalue weighted by Crippen LogP contribution is 2.17. The number of hydrogen-bond acceptors (Lipinski definition) is 3. The van der Waals surface area contributed by atoms with Gasteiger partial charge in [-0.15, -0.1) is 0 Å². The number of nitrogens with one attached hydrogen (secondary N) is 2. The lowest BCUT2D eigenvalue weighted by atomic mass is 10.0. The van der Waals surface area contributed by atoms with E-state index in [1.165, 1.54) is 0 Å². The van der Waals surface area contributed by atoms with Gasteiger partial charge in [-0.25, -0.2) is 4.99 Å². The van der Waals surface area contributed by atoms with Crippen LogP contribution in [0.4, 0.5) is 0 Å². The van der Waals surface area contributed by atoms with E-state index in [1.807, 2.05) is 24.3 Å². The number of rotatable bonds is 10. The lowest BCUT2D eigenvalue weighted by Crippen LogP contribution is -2.40. The van der Waals surface area contributed by atoms with E-state index in [0.29, 0.717) is 12.5 Å². The summed E-state index contributed by atoms with van der Waals surface area (Å²) in [6, 6.07) is 7.92. The number of para-hydroxylation sites is 1. The minimum absolute atomic E-state index is 0.237. The van der Waals surface area contributed by atoms with E-state index in [-0.39, 0.29) is 6.61 Å². The number of nitrogens with zero attached hydrogens (tertiary/aromatic N) is 1. The Kier molecular flexibility index (Phi) is 9.87. The number of hydrogen-bond donors (Lipinski definition) is 3. The molecule has 0 aliphatic rings. The van der Waals surface area contributed by atoms with Crippen LogP contribution in [0.1, 0.15) is 38.7 Å². The molecule has 5 nitrogen and oxygen atoms in total. The van der Waals surface area contributed by atoms with Crippen molar-refractivity contribution >= 4 is 5.96 Å². The third-order valence-corrected chi connectivity index (χ3v) is 3.74. The molecule has 0 aliphatic heterocycles. The van der Waals surface area contributed by atoms with Crippen molar-refractivity contribution in [2.75, 3.05) is 26.8 Å². The van der Waals surface area contributed by atoms with Crippen LogP contribution in [0.3, 0.4) is 0 Å². The molecule has 0 fully saturated rings. The molecule has 0 bridgehead atoms. The average molecular weight is 321 g/mol. The molecule has 0 amide bonds. The average Bonchev–Trinajstić information content (AvgIpc) is 2.57. The highest BCUT2D eigenvalue weighted by molar-refractivity contribution is 5.79. The van der Waals surface area contributed by atoms with Crippen LogP contribution >= 0.6 is 0 Å². The maximum absolute atomic E-state index is 9.15. The fourth-order valence-electron chi connectivity index (χ4n) is 2.52. The maximum atomic E-state index is 9.15. The monoisotopic (exact) mass is 321 g/mol. The molecule has 1 aromatic carbocycles. The predicted molar refractivity (Wildman–Crippen MR) is 95.9 cm³/mol. The van der Waals surface area contributed by atoms with Gasteiger partial charge >= 0.3 is 0 Å². The first-order chi connectivity index (χ1) is 11.2. The van der Waals surface area contributed by atoms with E-state index in [1.54, 1.807) is 7.11 Å². The molecule has 1 aromatic rings. The lowest BCUT2D eigenvalue weighted by Gasteiger charge is -2.18. The number of methoxy groups -OCH3 is 1. The van der Waals surface area contributed by atoms with Crippen LogP contribution in [-0.4, -0.2) is 37.9 Å². The van der Waals surface area contributed by atoms with Gasteiger partial charge in [0.05, 0.1) is 13.7 Å². The van der Waals surface area contributed by atoms with Gasteiger partial charge in [-0.05, 0) is 31.7 Å². The number of guanidine groups is 1. The van der Waals surface area contributed by atoms with Crippen LogP contribution < -0.4 is 15.4 Å². The highest BCUT2D eigenvalue weighted by Gasteiger charge is 2.08. The first-order valence-electron chi connectivity index (χ1n) is 8.50. The summed E-state index contributed by atoms with van der Waals surface area (Å²) in [6.45, 7) is 6.67. The number of benzene rings is 1. The Balaban J connectivity index is 2.65. The quantitative estimate of drug-likeness (QED) is 0.458. The molecule has 3 N–H and O–H groups in total. The Morgan fingerprint density at radius 1 is 1.22 bits per heavy atom. The molecule has 0 aliphatic carbocycles. The Morgan fingerprint density at radius 3 is 2.65 bits per heavy atom. The largest absolute Gasteiger partial charge is 0.496 e. The second-order valence-electron chi connectivity index (χ2n) is 5.55. The molecule has 0 aromatic heterocycles. The molecule has 0 saturated heterocycles. The van der Waals surface area contributed by atoms with Gasteiger partial charge in [-0.1, -0.05) is 31.5 Å². The van der Waals surface area contributed by atoms with E-state index < -0.39 is 0 Å². The van der Waals surface area contributed by atoms with Gasteiger partial charge < -0.3 is 20.5 Å². The number of aliphatic imine (C=N–C) groups is 1. The second-order valence-corrected chi connectivity index (χ2v) is 5.55. The Bertz CT molecular complexity index is 457. The van der Waals surface area contributed by atoms with Gasteiger partial charge in [0.15, 0.2) is 5.96 Å². The van der Waals surface area contributed by atoms with Crippen molar-refractivity contribution in [3.05, 3.63) is 29.8 Å². The molecular formula is C18H31N3O2. The van der Waals surface area contributed by atoms with Crippen LogP contribution in [0.25, 0.3) is 0 Å². The van der Waals surface area contributed by atoms with Gasteiger partial charge in [-0.2, -0.15) is 0 Å². The van der Waals surface area contributed by atoms with Crippen LogP contribution in [0.5, 0.6) is 5.75 Å². The summed E-state index contributed by atoms with van der Waals surface area (Å²) in [6.07, 6.45) is 3.06. The lowest BCUT2D eigenvalue weighted by molar-refractivity contribution is 0.251. The molecule has 5 heteroatoms. The molecule has 0 spiro atoms. The highest BCUT2D eigenvalue weighted by atomic mass is 16.5. The van der Waals surface area contributed by atoms with Crippen molar-refractivity contribution in [1.29, 1.82) is 0 Å². The van der Waals surface area contributed by atoms with Crippen LogP contribution in [0.15, 0.2) is 29.3 Å². The standard InChI is InChI=1S/C18H31N3O2/c1-4-8-15(11-12-22)13-20-18(19-5-2)21-14-16-9-6-7-10-17(16)23-3/h6-7,9-10,15,22H,4-5,8,11-14H2,1-3H3,(H2,19,20,21). The summed E-state index contributed by atoms with van der Waals surface area (Å²) in [5, 5.41) is 15.8. The zero-order chi connectivity index (χ0) is 16.9. The minimum atomic E-state index is 0.237. The summed E-state index contributed by atoms with van der Waals surface area (Å²) in [5.74, 6) is 2.13. The molecule has 1 rings (SSSR count). The Morgan fingerprint density at radius 2 is 2.00 bits per heavy atom. The molecule has 23 heavy (non-hydrogen) atoms. The van der Waals surface area contributed by atoms with Crippen LogP contribution in [-0.2, 0) is 6.54 Å². The normalized spacial score (nSPS) is 12.8. The Hall–Kier alpha value is -1.75. The van der Waals surface area contributed by atoms with Gasteiger partial charge in [0, 0.05) is 25.3 Å². The van der Waals surface area contributed by atoms with Gasteiger partial charge in [0.1, 0.15) is 5.75 Å². The first kappa shape index (κ1) is 19.3. The van der Waals surface area contributed by atoms with Crippen molar-refractivity contribution in [2.24, 2.45) is 10.9 Å². The van der Waals surface area contributed by atoms with Crippen LogP contribution in [0.2, 0.25) is 0 Å². The minimum Gasteiger partial charge on any atom is -0.496 e. The van der Waals surface area contributed by atoms with E-state index >= 15 is 0 Å². The molecule has 1 unspecified atom stereocenters. The van der Waals surface area contributed by atoms with E-state index in [2.05, 4.69) is 29.5 Å². The molecule has 0 heterocycles. The first-order valence-corrected chi connectivity index (χ1v) is 8.50. The van der Waals surface area contributed by atoms with Crippen molar-refractivity contribution in [3.63, 3.8) is 0 Å².